The van der Waals surface area contributed by atoms with Crippen molar-refractivity contribution in [3.63, 3.8) is 0 Å². The Labute approximate surface area is 112 Å². The van der Waals surface area contributed by atoms with E-state index in [-0.39, 0.29) is 0 Å². The van der Waals surface area contributed by atoms with Crippen LogP contribution in [0.4, 0.5) is 5.82 Å². The maximum Gasteiger partial charge on any atom is 0.338 e. The van der Waals surface area contributed by atoms with E-state index in [0.29, 0.717) is 37.5 Å². The van der Waals surface area contributed by atoms with Crippen molar-refractivity contribution >= 4 is 11.8 Å². The first kappa shape index (κ1) is 14.9. The number of carbonyl (C=O) groups is 1. The Balaban J connectivity index is 2.88. The molecule has 0 aliphatic rings. The molecule has 0 radical (unpaired) electrons. The van der Waals surface area contributed by atoms with Crippen LogP contribution in [0, 0.1) is 11.3 Å². The van der Waals surface area contributed by atoms with Crippen LogP contribution in [0.15, 0.2) is 18.3 Å². The highest BCUT2D eigenvalue weighted by atomic mass is 16.5. The standard InChI is InChI=1S/C13H17N3O3/c1-18-9-8-16(7-3-5-14)12-10-11(4-6-15-12)13(17)19-2/h4,6,10H,3,7-9H2,1-2H3. The molecule has 0 spiro atoms. The highest BCUT2D eigenvalue weighted by Crippen LogP contribution is 2.13. The minimum Gasteiger partial charge on any atom is -0.465 e. The summed E-state index contributed by atoms with van der Waals surface area (Å²) in [7, 11) is 2.95. The number of carbonyl (C=O) groups excluding carboxylic acids is 1. The Morgan fingerprint density at radius 3 is 2.89 bits per heavy atom. The fourth-order valence-electron chi connectivity index (χ4n) is 1.56. The number of hydrogen-bond donors (Lipinski definition) is 0. The predicted molar refractivity (Wildman–Crippen MR) is 69.9 cm³/mol. The van der Waals surface area contributed by atoms with Gasteiger partial charge in [0.2, 0.25) is 0 Å². The van der Waals surface area contributed by atoms with Crippen molar-refractivity contribution in [3.8, 4) is 6.07 Å². The van der Waals surface area contributed by atoms with Gasteiger partial charge in [-0.05, 0) is 12.1 Å². The van der Waals surface area contributed by atoms with Gasteiger partial charge in [0.15, 0.2) is 0 Å². The molecule has 0 aliphatic heterocycles. The molecule has 0 N–H and O–H groups in total. The van der Waals surface area contributed by atoms with Gasteiger partial charge in [-0.25, -0.2) is 9.78 Å². The van der Waals surface area contributed by atoms with Gasteiger partial charge in [-0.15, -0.1) is 0 Å². The van der Waals surface area contributed by atoms with Crippen LogP contribution in [-0.4, -0.2) is 44.9 Å². The summed E-state index contributed by atoms with van der Waals surface area (Å²) in [5.41, 5.74) is 0.437. The molecule has 102 valence electrons. The highest BCUT2D eigenvalue weighted by molar-refractivity contribution is 5.90. The molecule has 0 fully saturated rings. The number of hydrogen-bond acceptors (Lipinski definition) is 6. The van der Waals surface area contributed by atoms with Gasteiger partial charge in [0.25, 0.3) is 0 Å². The maximum atomic E-state index is 11.5. The zero-order valence-corrected chi connectivity index (χ0v) is 11.1. The molecular formula is C13H17N3O3. The number of rotatable bonds is 7. The van der Waals surface area contributed by atoms with E-state index < -0.39 is 5.97 Å². The third kappa shape index (κ3) is 4.56. The summed E-state index contributed by atoms with van der Waals surface area (Å²) < 4.78 is 9.70. The molecule has 1 aromatic rings. The van der Waals surface area contributed by atoms with Crippen molar-refractivity contribution < 1.29 is 14.3 Å². The molecule has 1 rings (SSSR count). The smallest absolute Gasteiger partial charge is 0.338 e. The van der Waals surface area contributed by atoms with Crippen LogP contribution in [-0.2, 0) is 9.47 Å². The van der Waals surface area contributed by atoms with Crippen LogP contribution in [0.1, 0.15) is 16.8 Å². The van der Waals surface area contributed by atoms with Crippen molar-refractivity contribution in [1.29, 1.82) is 5.26 Å². The van der Waals surface area contributed by atoms with Crippen LogP contribution in [0.5, 0.6) is 0 Å². The molecular weight excluding hydrogens is 246 g/mol. The first-order chi connectivity index (χ1) is 9.22. The first-order valence-electron chi connectivity index (χ1n) is 5.88. The quantitative estimate of drug-likeness (QED) is 0.689. The molecule has 1 aromatic heterocycles. The van der Waals surface area contributed by atoms with Crippen molar-refractivity contribution in [1.82, 2.24) is 4.98 Å². The van der Waals surface area contributed by atoms with Crippen LogP contribution in [0.25, 0.3) is 0 Å². The second-order valence-corrected chi connectivity index (χ2v) is 3.78. The van der Waals surface area contributed by atoms with E-state index in [9.17, 15) is 4.79 Å². The third-order valence-electron chi connectivity index (χ3n) is 2.55. The molecule has 19 heavy (non-hydrogen) atoms. The number of ether oxygens (including phenoxy) is 2. The topological polar surface area (TPSA) is 75.5 Å². The van der Waals surface area contributed by atoms with Crippen LogP contribution >= 0.6 is 0 Å². The number of methoxy groups -OCH3 is 2. The second-order valence-electron chi connectivity index (χ2n) is 3.78. The lowest BCUT2D eigenvalue weighted by atomic mass is 10.2. The lowest BCUT2D eigenvalue weighted by Gasteiger charge is -2.22. The summed E-state index contributed by atoms with van der Waals surface area (Å²) in [5.74, 6) is 0.228. The van der Waals surface area contributed by atoms with E-state index in [1.165, 1.54) is 7.11 Å². The Kier molecular flexibility index (Phi) is 6.33. The molecule has 6 heteroatoms. The summed E-state index contributed by atoms with van der Waals surface area (Å²) >= 11 is 0. The second kappa shape index (κ2) is 8.06. The van der Waals surface area contributed by atoms with E-state index in [0.717, 1.165) is 0 Å². The molecule has 0 saturated carbocycles. The van der Waals surface area contributed by atoms with Crippen LogP contribution in [0.3, 0.4) is 0 Å². The first-order valence-corrected chi connectivity index (χ1v) is 5.88. The summed E-state index contributed by atoms with van der Waals surface area (Å²) in [4.78, 5) is 17.6. The Bertz CT molecular complexity index is 457. The van der Waals surface area contributed by atoms with Gasteiger partial charge in [-0.3, -0.25) is 0 Å². The monoisotopic (exact) mass is 263 g/mol. The number of nitrogens with zero attached hydrogens (tertiary/aromatic N) is 3. The van der Waals surface area contributed by atoms with Gasteiger partial charge in [-0.2, -0.15) is 5.26 Å². The van der Waals surface area contributed by atoms with Crippen LogP contribution in [0.2, 0.25) is 0 Å². The molecule has 0 aromatic carbocycles. The van der Waals surface area contributed by atoms with Crippen LogP contribution < -0.4 is 4.90 Å². The fourth-order valence-corrected chi connectivity index (χ4v) is 1.56. The zero-order chi connectivity index (χ0) is 14.1. The SMILES string of the molecule is COCCN(CCC#N)c1cc(C(=O)OC)ccn1. The lowest BCUT2D eigenvalue weighted by molar-refractivity contribution is 0.0600. The molecule has 0 bridgehead atoms. The summed E-state index contributed by atoms with van der Waals surface area (Å²) in [6.45, 7) is 1.67. The van der Waals surface area contributed by atoms with Gasteiger partial charge >= 0.3 is 5.97 Å². The summed E-state index contributed by atoms with van der Waals surface area (Å²) in [6.07, 6.45) is 1.93. The molecule has 0 saturated heterocycles. The minimum absolute atomic E-state index is 0.383. The maximum absolute atomic E-state index is 11.5. The van der Waals surface area contributed by atoms with Crippen molar-refractivity contribution in [2.24, 2.45) is 0 Å². The van der Waals surface area contributed by atoms with E-state index in [2.05, 4.69) is 15.8 Å². The number of aromatic nitrogens is 1. The Morgan fingerprint density at radius 2 is 2.26 bits per heavy atom. The third-order valence-corrected chi connectivity index (χ3v) is 2.55. The van der Waals surface area contributed by atoms with E-state index in [1.54, 1.807) is 25.4 Å². The number of anilines is 1. The molecule has 0 unspecified atom stereocenters. The minimum atomic E-state index is -0.407. The van der Waals surface area contributed by atoms with Gasteiger partial charge < -0.3 is 14.4 Å². The fraction of sp³-hybridized carbons (Fsp3) is 0.462. The lowest BCUT2D eigenvalue weighted by Crippen LogP contribution is -2.29. The molecule has 0 aliphatic carbocycles. The number of pyridine rings is 1. The molecule has 0 amide bonds. The average Bonchev–Trinajstić information content (AvgIpc) is 2.46. The summed E-state index contributed by atoms with van der Waals surface area (Å²) in [6, 6.07) is 5.33. The Hall–Kier alpha value is -2.13. The van der Waals surface area contributed by atoms with Gasteiger partial charge in [0, 0.05) is 26.4 Å². The van der Waals surface area contributed by atoms with Gasteiger partial charge in [0.1, 0.15) is 5.82 Å². The summed E-state index contributed by atoms with van der Waals surface area (Å²) in [5, 5.41) is 8.67. The van der Waals surface area contributed by atoms with Gasteiger partial charge in [0.05, 0.1) is 31.8 Å². The largest absolute Gasteiger partial charge is 0.465 e. The van der Waals surface area contributed by atoms with Crippen molar-refractivity contribution in [2.45, 2.75) is 6.42 Å². The van der Waals surface area contributed by atoms with Crippen molar-refractivity contribution in [2.75, 3.05) is 38.8 Å². The van der Waals surface area contributed by atoms with Gasteiger partial charge in [-0.1, -0.05) is 0 Å². The highest BCUT2D eigenvalue weighted by Gasteiger charge is 2.11. The number of nitriles is 1. The average molecular weight is 263 g/mol. The molecule has 0 atom stereocenters. The number of esters is 1. The molecule has 1 heterocycles. The molecule has 6 nitrogen and oxygen atoms in total. The zero-order valence-electron chi connectivity index (χ0n) is 11.1. The Morgan fingerprint density at radius 1 is 1.47 bits per heavy atom. The van der Waals surface area contributed by atoms with E-state index in [4.69, 9.17) is 10.00 Å². The van der Waals surface area contributed by atoms with Crippen molar-refractivity contribution in [3.05, 3.63) is 23.9 Å². The van der Waals surface area contributed by atoms with E-state index in [1.807, 2.05) is 4.90 Å². The van der Waals surface area contributed by atoms with E-state index >= 15 is 0 Å². The predicted octanol–water partition coefficient (Wildman–Crippen LogP) is 1.23. The normalized spacial score (nSPS) is 9.74.